The van der Waals surface area contributed by atoms with Crippen LogP contribution >= 0.6 is 107 Å². The van der Waals surface area contributed by atoms with Gasteiger partial charge in [-0.05, 0) is 206 Å². The average molecular weight is 1880 g/mol. The molecule has 0 amide bonds. The Morgan fingerprint density at radius 2 is 0.713 bits per heavy atom. The van der Waals surface area contributed by atoms with E-state index in [0.29, 0.717) is 55.8 Å². The van der Waals surface area contributed by atoms with Gasteiger partial charge in [-0.25, -0.2) is 4.39 Å². The number of hydrogen-bond acceptors (Lipinski definition) is 24. The second-order valence-corrected chi connectivity index (χ2v) is 37.6. The van der Waals surface area contributed by atoms with Gasteiger partial charge in [0.05, 0.1) is 86.4 Å². The van der Waals surface area contributed by atoms with E-state index in [9.17, 15) is 61.9 Å². The van der Waals surface area contributed by atoms with Crippen molar-refractivity contribution in [1.82, 2.24) is 0 Å². The van der Waals surface area contributed by atoms with Gasteiger partial charge in [-0.1, -0.05) is 77.4 Å². The number of carbonyl (C=O) groups excluding carboxylic acids is 12. The molecular weight excluding hydrogens is 1780 g/mol. The van der Waals surface area contributed by atoms with Crippen molar-refractivity contribution in [2.24, 2.45) is 29.6 Å². The Labute approximate surface area is 751 Å². The molecule has 0 aliphatic carbocycles. The molecule has 0 bridgehead atoms. The molecule has 5 atom stereocenters. The van der Waals surface area contributed by atoms with Crippen LogP contribution in [0.5, 0.6) is 34.5 Å². The Morgan fingerprint density at radius 1 is 0.385 bits per heavy atom. The molecule has 12 aromatic rings. The van der Waals surface area contributed by atoms with Crippen molar-refractivity contribution in [1.29, 1.82) is 0 Å². The lowest BCUT2D eigenvalue weighted by molar-refractivity contribution is -0.120. The number of aryl methyl sites for hydroxylation is 2. The molecule has 0 unspecified atom stereocenters. The molecule has 6 aromatic heterocycles. The fourth-order valence-corrected chi connectivity index (χ4v) is 19.1. The normalized spacial score (nSPS) is 12.1. The maximum atomic E-state index is 14.4. The molecular formula is C94H98BrCl2FO18S6. The Hall–Kier alpha value is -9.35. The molecule has 0 N–H and O–H groups in total. The zero-order valence-electron chi connectivity index (χ0n) is 71.5. The predicted octanol–water partition coefficient (Wildman–Crippen LogP) is 25.7. The summed E-state index contributed by atoms with van der Waals surface area (Å²) in [5.41, 5.74) is 3.10. The van der Waals surface area contributed by atoms with Gasteiger partial charge in [0.1, 0.15) is 57.7 Å². The first kappa shape index (κ1) is 99.8. The number of halogens is 4. The van der Waals surface area contributed by atoms with Crippen molar-refractivity contribution < 1.29 is 90.3 Å². The minimum absolute atomic E-state index is 0.0144. The number of ketones is 12. The lowest BCUT2D eigenvalue weighted by atomic mass is 10.00. The lowest BCUT2D eigenvalue weighted by Crippen LogP contribution is -2.11. The zero-order chi connectivity index (χ0) is 90.6. The Bertz CT molecular complexity index is 5780. The number of rotatable bonds is 32. The molecule has 0 radical (unpaired) electrons. The molecule has 6 aromatic carbocycles. The van der Waals surface area contributed by atoms with E-state index >= 15 is 0 Å². The topological polar surface area (TPSA) is 260 Å². The van der Waals surface area contributed by atoms with Crippen LogP contribution in [0.15, 0.2) is 114 Å². The van der Waals surface area contributed by atoms with Gasteiger partial charge in [0.25, 0.3) is 0 Å². The molecule has 0 fully saturated rings. The summed E-state index contributed by atoms with van der Waals surface area (Å²) in [7, 11) is 9.31. The van der Waals surface area contributed by atoms with Gasteiger partial charge >= 0.3 is 0 Å². The summed E-state index contributed by atoms with van der Waals surface area (Å²) in [5, 5.41) is 6.21. The van der Waals surface area contributed by atoms with Crippen molar-refractivity contribution >= 4 is 243 Å². The molecule has 6 heterocycles. The van der Waals surface area contributed by atoms with Gasteiger partial charge in [-0.15, -0.1) is 68.0 Å². The zero-order valence-corrected chi connectivity index (χ0v) is 79.4. The van der Waals surface area contributed by atoms with Crippen molar-refractivity contribution in [3.8, 4) is 34.5 Å². The molecule has 28 heteroatoms. The van der Waals surface area contributed by atoms with E-state index in [1.165, 1.54) is 130 Å². The Balaban J connectivity index is 0.000000202. The smallest absolute Gasteiger partial charge is 0.197 e. The third-order valence-electron chi connectivity index (χ3n) is 20.2. The molecule has 0 aliphatic rings. The molecule has 0 spiro atoms. The number of methoxy groups -OCH3 is 6. The molecule has 0 aliphatic heterocycles. The largest absolute Gasteiger partial charge is 0.496 e. The van der Waals surface area contributed by atoms with E-state index in [4.69, 9.17) is 51.6 Å². The maximum Gasteiger partial charge on any atom is 0.197 e. The standard InChI is InChI=1S/C17H20O3S.C16H17FO4S.C16H18O3S.C16H16O3S.C15H15BrO3S.C14H12Cl2O2S/c1-5-12-8-16-13(7-15(12)20-4)9-17(21-16)14(19)6-10(2)11(3)18;1-8(9(2)18)5-11(19)14-6-10-13(22-14)7-12(20-3)16(21-4)15(10)17;1-9(11(3)17)5-13(18)16-8-12-7-14(19-4)10(2)6-15(12)20-16;1-4-11-7-12-8-16(13(18)6-5-10(2)17)20-15(12)9-14(11)19-3;1-8(9(2)17)4-12(18)15-6-10-5-11(16)13(19-3)7-14(10)20-15;1-7(8(2)17)3-12(18)14-5-9-4-10(15)11(16)6-13(9)19-14/h7-10H,5-6H2,1-4H3;6-8H,5H2,1-4H3;6-9H,5H2,1-4H3;4,7-9H,1,5-6H2,2-3H3;5-8H,4H2,1-3H3;4-7H,3H2,1-2H3/t10-;8-;9-;;8-;7-/m000.00/s1. The third-order valence-corrected chi connectivity index (χ3v) is 28.3. The summed E-state index contributed by atoms with van der Waals surface area (Å²) in [5.74, 6) is 1.78. The van der Waals surface area contributed by atoms with Crippen molar-refractivity contribution in [2.75, 3.05) is 42.7 Å². The number of carbonyl (C=O) groups is 12. The first-order valence-electron chi connectivity index (χ1n) is 38.7. The molecule has 12 rings (SSSR count). The van der Waals surface area contributed by atoms with Gasteiger partial charge in [0.15, 0.2) is 52.0 Å². The summed E-state index contributed by atoms with van der Waals surface area (Å²) < 4.78 is 52.3. The van der Waals surface area contributed by atoms with Crippen LogP contribution in [-0.2, 0) is 35.2 Å². The third kappa shape index (κ3) is 26.6. The van der Waals surface area contributed by atoms with Crippen LogP contribution < -0.4 is 28.4 Å². The number of benzene rings is 6. The van der Waals surface area contributed by atoms with E-state index in [-0.39, 0.29) is 149 Å². The highest BCUT2D eigenvalue weighted by Gasteiger charge is 2.26. The number of Topliss-reactive ketones (excluding diaryl/α,β-unsaturated/α-hetero) is 12. The fraction of sp³-hybridized carbons (Fsp3) is 0.340. The highest BCUT2D eigenvalue weighted by atomic mass is 79.9. The maximum absolute atomic E-state index is 14.4. The van der Waals surface area contributed by atoms with E-state index in [1.54, 1.807) is 93.4 Å². The molecule has 18 nitrogen and oxygen atoms in total. The van der Waals surface area contributed by atoms with Crippen LogP contribution in [0.2, 0.25) is 10.0 Å². The van der Waals surface area contributed by atoms with E-state index < -0.39 is 5.82 Å². The molecule has 0 saturated carbocycles. The van der Waals surface area contributed by atoms with Gasteiger partial charge in [0.2, 0.25) is 0 Å². The van der Waals surface area contributed by atoms with Gasteiger partial charge in [-0.3, -0.25) is 52.7 Å². The summed E-state index contributed by atoms with van der Waals surface area (Å²) in [4.78, 5) is 144. The highest BCUT2D eigenvalue weighted by Crippen LogP contribution is 2.43. The first-order valence-corrected chi connectivity index (χ1v) is 45.2. The van der Waals surface area contributed by atoms with Crippen LogP contribution in [-0.4, -0.2) is 112 Å². The fourth-order valence-electron chi connectivity index (χ4n) is 11.9. The molecule has 122 heavy (non-hydrogen) atoms. The number of hydrogen-bond donors (Lipinski definition) is 0. The summed E-state index contributed by atoms with van der Waals surface area (Å²) >= 11 is 23.7. The monoisotopic (exact) mass is 1870 g/mol. The van der Waals surface area contributed by atoms with Crippen LogP contribution in [0.3, 0.4) is 0 Å². The first-order chi connectivity index (χ1) is 57.6. The quantitative estimate of drug-likeness (QED) is 0.0355. The molecule has 0 saturated heterocycles. The van der Waals surface area contributed by atoms with Gasteiger partial charge < -0.3 is 33.2 Å². The minimum atomic E-state index is -0.549. The SMILES string of the molecule is C=Cc1cc2cc(C(=O)CCC(C)=O)sc2cc1OC.CC(=O)[C@@H](C)CC(=O)c1cc2cc(Cl)c(Cl)cc2s1.CCc1cc2sc(C(=O)C[C@H](C)C(C)=O)cc2cc1OC.COc1cc2cc(C(=O)C[C@H](C)C(C)=O)sc2cc1C.COc1cc2sc(C(=O)C[C@H](C)C(C)=O)cc2c(F)c1OC.COc1cc2sc(C(=O)C[C@H](C)C(C)=O)cc2cc1Br. The Kier molecular flexibility index (Phi) is 37.5. The van der Waals surface area contributed by atoms with Crippen LogP contribution in [0.4, 0.5) is 4.39 Å². The van der Waals surface area contributed by atoms with E-state index in [2.05, 4.69) is 35.5 Å². The second kappa shape index (κ2) is 45.9. The van der Waals surface area contributed by atoms with Crippen LogP contribution in [0.25, 0.3) is 66.6 Å². The molecule has 646 valence electrons. The van der Waals surface area contributed by atoms with E-state index in [0.717, 1.165) is 101 Å². The summed E-state index contributed by atoms with van der Waals surface area (Å²) in [6.07, 6.45) is 4.37. The minimum Gasteiger partial charge on any atom is -0.496 e. The summed E-state index contributed by atoms with van der Waals surface area (Å²) in [6, 6.07) is 31.8. The van der Waals surface area contributed by atoms with Gasteiger partial charge in [0, 0.05) is 120 Å². The van der Waals surface area contributed by atoms with Crippen molar-refractivity contribution in [3.05, 3.63) is 176 Å². The number of ether oxygens (including phenoxy) is 6. The van der Waals surface area contributed by atoms with Crippen LogP contribution in [0.1, 0.15) is 203 Å². The second-order valence-electron chi connectivity index (χ2n) is 29.4. The van der Waals surface area contributed by atoms with Crippen LogP contribution in [0, 0.1) is 42.3 Å². The Morgan fingerprint density at radius 3 is 1.10 bits per heavy atom. The number of thiophene rings is 6. The average Bonchev–Trinajstić information content (AvgIpc) is 1.53. The van der Waals surface area contributed by atoms with E-state index in [1.807, 2.05) is 73.7 Å². The van der Waals surface area contributed by atoms with Crippen molar-refractivity contribution in [2.45, 2.75) is 141 Å². The lowest BCUT2D eigenvalue weighted by Gasteiger charge is -2.08. The van der Waals surface area contributed by atoms with Crippen molar-refractivity contribution in [3.63, 3.8) is 0 Å². The van der Waals surface area contributed by atoms with Gasteiger partial charge in [-0.2, -0.15) is 0 Å². The predicted molar refractivity (Wildman–Crippen MR) is 500 cm³/mol. The highest BCUT2D eigenvalue weighted by molar-refractivity contribution is 9.10. The summed E-state index contributed by atoms with van der Waals surface area (Å²) in [6.45, 7) is 25.7. The number of fused-ring (bicyclic) bond motifs is 6.